The van der Waals surface area contributed by atoms with Crippen LogP contribution in [-0.4, -0.2) is 19.1 Å². The molecule has 0 saturated heterocycles. The Morgan fingerprint density at radius 2 is 2.04 bits per heavy atom. The molecule has 0 heterocycles. The number of esters is 1. The summed E-state index contributed by atoms with van der Waals surface area (Å²) in [6.45, 7) is 2.24. The summed E-state index contributed by atoms with van der Waals surface area (Å²) in [5, 5.41) is 3.07. The molecular weight excluding hydrogens is 395 g/mol. The average Bonchev–Trinajstić information content (AvgIpc) is 3.03. The summed E-state index contributed by atoms with van der Waals surface area (Å²) in [4.78, 5) is 11.5. The Hall–Kier alpha value is -2.25. The third-order valence-corrected chi connectivity index (χ3v) is 4.77. The van der Waals surface area contributed by atoms with E-state index in [0.717, 1.165) is 36.1 Å². The van der Waals surface area contributed by atoms with Crippen LogP contribution in [0.5, 0.6) is 11.5 Å². The number of ether oxygens (including phenoxy) is 2. The van der Waals surface area contributed by atoms with Crippen molar-refractivity contribution in [1.82, 2.24) is 5.32 Å². The van der Waals surface area contributed by atoms with Crippen LogP contribution in [0, 0.1) is 0 Å². The van der Waals surface area contributed by atoms with Crippen molar-refractivity contribution in [3.05, 3.63) is 58.1 Å². The van der Waals surface area contributed by atoms with Crippen LogP contribution in [0.15, 0.2) is 36.4 Å². The minimum Gasteiger partial charge on any atom is -0.465 e. The highest BCUT2D eigenvalue weighted by atomic mass is 35.5. The second-order valence-electron chi connectivity index (χ2n) is 6.38. The quantitative estimate of drug-likeness (QED) is 0.653. The molecule has 0 saturated carbocycles. The normalized spacial score (nSPS) is 16.0. The van der Waals surface area contributed by atoms with Crippen LogP contribution in [0.1, 0.15) is 36.1 Å². The molecule has 4 nitrogen and oxygen atoms in total. The van der Waals surface area contributed by atoms with Gasteiger partial charge in [0.2, 0.25) is 0 Å². The minimum atomic E-state index is -4.46. The summed E-state index contributed by atoms with van der Waals surface area (Å²) >= 11 is 5.94. The highest BCUT2D eigenvalue weighted by Gasteiger charge is 2.31. The summed E-state index contributed by atoms with van der Waals surface area (Å²) in [6.07, 6.45) is -2.83. The van der Waals surface area contributed by atoms with Gasteiger partial charge < -0.3 is 14.8 Å². The standard InChI is InChI=1S/C20H19ClF3NO3/c1-2-27-19(26)11-25-17-7-3-12-9-14(5-6-15(12)17)28-18-8-4-13(10-16(18)21)20(22,23)24/h4-6,8-10,17,25H,2-3,7,11H2,1H3. The van der Waals surface area contributed by atoms with Gasteiger partial charge in [0.05, 0.1) is 23.7 Å². The van der Waals surface area contributed by atoms with E-state index in [2.05, 4.69) is 5.32 Å². The van der Waals surface area contributed by atoms with Crippen molar-refractivity contribution in [3.8, 4) is 11.5 Å². The molecule has 2 aromatic carbocycles. The molecule has 150 valence electrons. The summed E-state index contributed by atoms with van der Waals surface area (Å²) in [5.41, 5.74) is 1.30. The lowest BCUT2D eigenvalue weighted by atomic mass is 10.1. The van der Waals surface area contributed by atoms with Gasteiger partial charge in [-0.15, -0.1) is 0 Å². The van der Waals surface area contributed by atoms with E-state index >= 15 is 0 Å². The van der Waals surface area contributed by atoms with Gasteiger partial charge in [-0.25, -0.2) is 0 Å². The van der Waals surface area contributed by atoms with Gasteiger partial charge in [0.1, 0.15) is 11.5 Å². The minimum absolute atomic E-state index is 0.0445. The molecule has 1 atom stereocenters. The lowest BCUT2D eigenvalue weighted by Crippen LogP contribution is -2.27. The molecular formula is C20H19ClF3NO3. The number of hydrogen-bond donors (Lipinski definition) is 1. The van der Waals surface area contributed by atoms with Gasteiger partial charge in [-0.2, -0.15) is 13.2 Å². The van der Waals surface area contributed by atoms with Crippen LogP contribution in [0.3, 0.4) is 0 Å². The highest BCUT2D eigenvalue weighted by molar-refractivity contribution is 6.32. The number of alkyl halides is 3. The third kappa shape index (κ3) is 4.77. The zero-order valence-corrected chi connectivity index (χ0v) is 15.9. The summed E-state index contributed by atoms with van der Waals surface area (Å²) in [7, 11) is 0. The molecule has 1 aliphatic rings. The molecule has 0 spiro atoms. The van der Waals surface area contributed by atoms with Crippen molar-refractivity contribution in [2.24, 2.45) is 0 Å². The van der Waals surface area contributed by atoms with Crippen LogP contribution in [0.2, 0.25) is 5.02 Å². The van der Waals surface area contributed by atoms with Crippen molar-refractivity contribution in [1.29, 1.82) is 0 Å². The first-order valence-corrected chi connectivity index (χ1v) is 9.22. The van der Waals surface area contributed by atoms with Crippen LogP contribution in [0.25, 0.3) is 0 Å². The molecule has 0 bridgehead atoms. The van der Waals surface area contributed by atoms with Crippen LogP contribution in [-0.2, 0) is 22.1 Å². The van der Waals surface area contributed by atoms with Crippen molar-refractivity contribution >= 4 is 17.6 Å². The van der Waals surface area contributed by atoms with E-state index in [1.54, 1.807) is 13.0 Å². The Morgan fingerprint density at radius 1 is 1.25 bits per heavy atom. The fraction of sp³-hybridized carbons (Fsp3) is 0.350. The van der Waals surface area contributed by atoms with E-state index in [1.807, 2.05) is 12.1 Å². The fourth-order valence-corrected chi connectivity index (χ4v) is 3.39. The molecule has 3 rings (SSSR count). The number of halogens is 4. The molecule has 2 aromatic rings. The summed E-state index contributed by atoms with van der Waals surface area (Å²) < 4.78 is 48.8. The number of rotatable bonds is 6. The molecule has 0 aliphatic heterocycles. The Balaban J connectivity index is 1.69. The number of carbonyl (C=O) groups is 1. The van der Waals surface area contributed by atoms with Crippen molar-refractivity contribution < 1.29 is 27.4 Å². The predicted octanol–water partition coefficient (Wildman–Crippen LogP) is 5.29. The van der Waals surface area contributed by atoms with Crippen molar-refractivity contribution in [3.63, 3.8) is 0 Å². The second-order valence-corrected chi connectivity index (χ2v) is 6.79. The average molecular weight is 414 g/mol. The molecule has 1 unspecified atom stereocenters. The van der Waals surface area contributed by atoms with Gasteiger partial charge >= 0.3 is 12.1 Å². The maximum atomic E-state index is 12.7. The van der Waals surface area contributed by atoms with Gasteiger partial charge in [-0.3, -0.25) is 4.79 Å². The Labute approximate surface area is 165 Å². The van der Waals surface area contributed by atoms with E-state index in [4.69, 9.17) is 21.1 Å². The third-order valence-electron chi connectivity index (χ3n) is 4.48. The first kappa shape index (κ1) is 20.5. The number of carbonyl (C=O) groups excluding carboxylic acids is 1. The first-order valence-electron chi connectivity index (χ1n) is 8.84. The monoisotopic (exact) mass is 413 g/mol. The fourth-order valence-electron chi connectivity index (χ4n) is 3.17. The highest BCUT2D eigenvalue weighted by Crippen LogP contribution is 2.38. The first-order chi connectivity index (χ1) is 13.3. The number of hydrogen-bond acceptors (Lipinski definition) is 4. The van der Waals surface area contributed by atoms with Crippen LogP contribution in [0.4, 0.5) is 13.2 Å². The lowest BCUT2D eigenvalue weighted by Gasteiger charge is -2.15. The topological polar surface area (TPSA) is 47.6 Å². The SMILES string of the molecule is CCOC(=O)CNC1CCc2cc(Oc3ccc(C(F)(F)F)cc3Cl)ccc21. The molecule has 1 N–H and O–H groups in total. The molecule has 1 aliphatic carbocycles. The molecule has 0 amide bonds. The van der Waals surface area contributed by atoms with Crippen molar-refractivity contribution in [2.45, 2.75) is 32.0 Å². The van der Waals surface area contributed by atoms with E-state index in [9.17, 15) is 18.0 Å². The predicted molar refractivity (Wildman–Crippen MR) is 98.7 cm³/mol. The largest absolute Gasteiger partial charge is 0.465 e. The summed E-state index contributed by atoms with van der Waals surface area (Å²) in [5.74, 6) is 0.351. The summed E-state index contributed by atoms with van der Waals surface area (Å²) in [6, 6.07) is 8.50. The van der Waals surface area contributed by atoms with E-state index in [1.165, 1.54) is 6.07 Å². The number of aryl methyl sites for hydroxylation is 1. The molecule has 0 fully saturated rings. The van der Waals surface area contributed by atoms with E-state index in [0.29, 0.717) is 12.4 Å². The van der Waals surface area contributed by atoms with Gasteiger partial charge in [0.25, 0.3) is 0 Å². The Morgan fingerprint density at radius 3 is 2.71 bits per heavy atom. The molecule has 0 aromatic heterocycles. The van der Waals surface area contributed by atoms with Crippen LogP contribution >= 0.6 is 11.6 Å². The van der Waals surface area contributed by atoms with Gasteiger partial charge in [0, 0.05) is 6.04 Å². The van der Waals surface area contributed by atoms with E-state index < -0.39 is 11.7 Å². The lowest BCUT2D eigenvalue weighted by molar-refractivity contribution is -0.142. The van der Waals surface area contributed by atoms with Gasteiger partial charge in [-0.05, 0) is 61.2 Å². The zero-order chi connectivity index (χ0) is 20.3. The maximum absolute atomic E-state index is 12.7. The number of benzene rings is 2. The Bertz CT molecular complexity index is 870. The second kappa shape index (κ2) is 8.41. The molecule has 0 radical (unpaired) electrons. The maximum Gasteiger partial charge on any atom is 0.416 e. The number of nitrogens with one attached hydrogen (secondary N) is 1. The zero-order valence-electron chi connectivity index (χ0n) is 15.1. The van der Waals surface area contributed by atoms with E-state index in [-0.39, 0.29) is 29.3 Å². The van der Waals surface area contributed by atoms with Gasteiger partial charge in [-0.1, -0.05) is 17.7 Å². The van der Waals surface area contributed by atoms with Crippen LogP contribution < -0.4 is 10.1 Å². The smallest absolute Gasteiger partial charge is 0.416 e. The van der Waals surface area contributed by atoms with Gasteiger partial charge in [0.15, 0.2) is 0 Å². The Kier molecular flexibility index (Phi) is 6.15. The molecule has 28 heavy (non-hydrogen) atoms. The molecule has 8 heteroatoms. The van der Waals surface area contributed by atoms with Crippen molar-refractivity contribution in [2.75, 3.05) is 13.2 Å². The number of fused-ring (bicyclic) bond motifs is 1.